The molecule has 0 aliphatic carbocycles. The van der Waals surface area contributed by atoms with Gasteiger partial charge in [0.15, 0.2) is 0 Å². The van der Waals surface area contributed by atoms with Crippen molar-refractivity contribution in [1.82, 2.24) is 15.4 Å². The van der Waals surface area contributed by atoms with Crippen molar-refractivity contribution >= 4 is 23.6 Å². The zero-order chi connectivity index (χ0) is 21.5. The summed E-state index contributed by atoms with van der Waals surface area (Å²) in [5, 5.41) is 7.04. The molecule has 0 saturated carbocycles. The largest absolute Gasteiger partial charge is 0.496 e. The van der Waals surface area contributed by atoms with Crippen LogP contribution in [0.25, 0.3) is 0 Å². The van der Waals surface area contributed by atoms with Crippen LogP contribution < -0.4 is 10.1 Å². The first-order chi connectivity index (χ1) is 14.5. The van der Waals surface area contributed by atoms with E-state index < -0.39 is 0 Å². The van der Waals surface area contributed by atoms with Gasteiger partial charge in [-0.25, -0.2) is 0 Å². The normalized spacial score (nSPS) is 14.6. The zero-order valence-electron chi connectivity index (χ0n) is 17.8. The molecule has 2 heterocycles. The Morgan fingerprint density at radius 1 is 1.27 bits per heavy atom. The van der Waals surface area contributed by atoms with E-state index in [0.29, 0.717) is 31.0 Å². The van der Waals surface area contributed by atoms with E-state index in [1.807, 2.05) is 43.0 Å². The van der Waals surface area contributed by atoms with Crippen molar-refractivity contribution < 1.29 is 18.8 Å². The van der Waals surface area contributed by atoms with Crippen LogP contribution in [0.1, 0.15) is 35.4 Å². The highest BCUT2D eigenvalue weighted by Crippen LogP contribution is 2.21. The van der Waals surface area contributed by atoms with Gasteiger partial charge in [-0.1, -0.05) is 23.4 Å². The Balaban J connectivity index is 1.38. The van der Waals surface area contributed by atoms with Crippen molar-refractivity contribution in [1.29, 1.82) is 0 Å². The number of para-hydroxylation sites is 1. The van der Waals surface area contributed by atoms with Crippen molar-refractivity contribution in [3.8, 4) is 5.75 Å². The van der Waals surface area contributed by atoms with E-state index in [1.54, 1.807) is 18.9 Å². The minimum absolute atomic E-state index is 0.0329. The minimum Gasteiger partial charge on any atom is -0.496 e. The summed E-state index contributed by atoms with van der Waals surface area (Å²) in [6, 6.07) is 7.72. The maximum absolute atomic E-state index is 12.6. The van der Waals surface area contributed by atoms with Crippen LogP contribution in [0.3, 0.4) is 0 Å². The third-order valence-corrected chi connectivity index (χ3v) is 6.37. The predicted octanol–water partition coefficient (Wildman–Crippen LogP) is 2.88. The molecule has 2 aromatic rings. The van der Waals surface area contributed by atoms with E-state index >= 15 is 0 Å². The molecule has 30 heavy (non-hydrogen) atoms. The quantitative estimate of drug-likeness (QED) is 0.692. The molecule has 0 atom stereocenters. The first-order valence-electron chi connectivity index (χ1n) is 10.2. The van der Waals surface area contributed by atoms with Crippen molar-refractivity contribution in [2.75, 3.05) is 26.0 Å². The van der Waals surface area contributed by atoms with Gasteiger partial charge < -0.3 is 19.5 Å². The number of hydrogen-bond donors (Lipinski definition) is 1. The fraction of sp³-hybridized carbons (Fsp3) is 0.500. The molecule has 7 nitrogen and oxygen atoms in total. The summed E-state index contributed by atoms with van der Waals surface area (Å²) in [5.41, 5.74) is 2.84. The monoisotopic (exact) mass is 431 g/mol. The lowest BCUT2D eigenvalue weighted by Crippen LogP contribution is -2.47. The summed E-state index contributed by atoms with van der Waals surface area (Å²) < 4.78 is 10.5. The molecule has 0 radical (unpaired) electrons. The highest BCUT2D eigenvalue weighted by atomic mass is 32.2. The summed E-state index contributed by atoms with van der Waals surface area (Å²) in [5.74, 6) is 2.79. The first-order valence-corrected chi connectivity index (χ1v) is 11.3. The molecule has 0 unspecified atom stereocenters. The Labute approximate surface area is 181 Å². The maximum atomic E-state index is 12.6. The Morgan fingerprint density at radius 2 is 2.00 bits per heavy atom. The fourth-order valence-corrected chi connectivity index (χ4v) is 4.61. The van der Waals surface area contributed by atoms with Gasteiger partial charge in [-0.15, -0.1) is 11.8 Å². The lowest BCUT2D eigenvalue weighted by Gasteiger charge is -2.32. The number of carbonyl (C=O) groups is 2. The summed E-state index contributed by atoms with van der Waals surface area (Å²) in [6.07, 6.45) is 1.88. The Bertz CT molecular complexity index is 856. The van der Waals surface area contributed by atoms with Crippen LogP contribution in [0.4, 0.5) is 0 Å². The van der Waals surface area contributed by atoms with E-state index in [9.17, 15) is 9.59 Å². The molecular formula is C22H29N3O4S. The molecule has 1 aliphatic rings. The summed E-state index contributed by atoms with van der Waals surface area (Å²) in [7, 11) is 1.62. The van der Waals surface area contributed by atoms with Gasteiger partial charge in [0, 0.05) is 36.0 Å². The number of ether oxygens (including phenoxy) is 1. The van der Waals surface area contributed by atoms with Gasteiger partial charge in [-0.05, 0) is 32.8 Å². The highest BCUT2D eigenvalue weighted by molar-refractivity contribution is 7.99. The van der Waals surface area contributed by atoms with E-state index in [0.717, 1.165) is 41.2 Å². The number of benzene rings is 1. The fourth-order valence-electron chi connectivity index (χ4n) is 3.62. The van der Waals surface area contributed by atoms with Crippen molar-refractivity contribution in [2.45, 2.75) is 44.9 Å². The van der Waals surface area contributed by atoms with Crippen molar-refractivity contribution in [3.63, 3.8) is 0 Å². The van der Waals surface area contributed by atoms with Crippen LogP contribution >= 0.6 is 11.8 Å². The lowest BCUT2D eigenvalue weighted by atomic mass is 10.0. The van der Waals surface area contributed by atoms with Gasteiger partial charge in [-0.3, -0.25) is 9.59 Å². The number of amides is 2. The van der Waals surface area contributed by atoms with Gasteiger partial charge in [0.05, 0.1) is 25.0 Å². The number of likely N-dealkylation sites (tertiary alicyclic amines) is 1. The Morgan fingerprint density at radius 3 is 2.67 bits per heavy atom. The number of carbonyl (C=O) groups excluding carboxylic acids is 2. The average Bonchev–Trinajstić information content (AvgIpc) is 3.06. The molecule has 0 spiro atoms. The van der Waals surface area contributed by atoms with Crippen molar-refractivity contribution in [2.24, 2.45) is 0 Å². The number of piperidine rings is 1. The Hall–Kier alpha value is -2.48. The molecule has 1 saturated heterocycles. The van der Waals surface area contributed by atoms with E-state index in [4.69, 9.17) is 9.26 Å². The van der Waals surface area contributed by atoms with Gasteiger partial charge in [0.2, 0.25) is 11.8 Å². The van der Waals surface area contributed by atoms with Gasteiger partial charge >= 0.3 is 0 Å². The third kappa shape index (κ3) is 5.78. The van der Waals surface area contributed by atoms with Crippen LogP contribution in [-0.4, -0.2) is 53.9 Å². The SMILES string of the molecule is COc1ccccc1CC(=O)N1CCC(NC(=O)CSCc2c(C)noc2C)CC1. The lowest BCUT2D eigenvalue weighted by molar-refractivity contribution is -0.131. The van der Waals surface area contributed by atoms with Crippen LogP contribution in [0.2, 0.25) is 0 Å². The number of thioether (sulfide) groups is 1. The van der Waals surface area contributed by atoms with Crippen LogP contribution in [-0.2, 0) is 21.8 Å². The molecule has 1 aromatic heterocycles. The first kappa shape index (κ1) is 22.2. The number of methoxy groups -OCH3 is 1. The molecule has 8 heteroatoms. The smallest absolute Gasteiger partial charge is 0.230 e. The van der Waals surface area contributed by atoms with Gasteiger partial charge in [-0.2, -0.15) is 0 Å². The predicted molar refractivity (Wildman–Crippen MR) is 117 cm³/mol. The van der Waals surface area contributed by atoms with Crippen LogP contribution in [0.15, 0.2) is 28.8 Å². The molecule has 0 bridgehead atoms. The summed E-state index contributed by atoms with van der Waals surface area (Å²) in [6.45, 7) is 5.12. The summed E-state index contributed by atoms with van der Waals surface area (Å²) >= 11 is 1.56. The minimum atomic E-state index is 0.0329. The molecule has 1 aliphatic heterocycles. The van der Waals surface area contributed by atoms with Gasteiger partial charge in [0.25, 0.3) is 0 Å². The number of aryl methyl sites for hydroxylation is 2. The zero-order valence-corrected chi connectivity index (χ0v) is 18.6. The molecular weight excluding hydrogens is 402 g/mol. The van der Waals surface area contributed by atoms with E-state index in [1.165, 1.54) is 0 Å². The highest BCUT2D eigenvalue weighted by Gasteiger charge is 2.24. The maximum Gasteiger partial charge on any atom is 0.230 e. The van der Waals surface area contributed by atoms with Gasteiger partial charge in [0.1, 0.15) is 11.5 Å². The second-order valence-electron chi connectivity index (χ2n) is 7.51. The van der Waals surface area contributed by atoms with E-state index in [2.05, 4.69) is 10.5 Å². The topological polar surface area (TPSA) is 84.7 Å². The number of hydrogen-bond acceptors (Lipinski definition) is 6. The number of nitrogens with zero attached hydrogens (tertiary/aromatic N) is 2. The Kier molecular flexibility index (Phi) is 7.79. The standard InChI is InChI=1S/C22H29N3O4S/c1-15-19(16(2)29-24-15)13-30-14-21(26)23-18-8-10-25(11-9-18)22(27)12-17-6-4-5-7-20(17)28-3/h4-7,18H,8-14H2,1-3H3,(H,23,26). The second kappa shape index (κ2) is 10.5. The molecule has 1 aromatic carbocycles. The van der Waals surface area contributed by atoms with Crippen LogP contribution in [0.5, 0.6) is 5.75 Å². The molecule has 3 rings (SSSR count). The number of aromatic nitrogens is 1. The molecule has 162 valence electrons. The number of nitrogens with one attached hydrogen (secondary N) is 1. The average molecular weight is 432 g/mol. The van der Waals surface area contributed by atoms with Crippen LogP contribution in [0, 0.1) is 13.8 Å². The summed E-state index contributed by atoms with van der Waals surface area (Å²) in [4.78, 5) is 26.8. The number of rotatable bonds is 8. The van der Waals surface area contributed by atoms with Crippen molar-refractivity contribution in [3.05, 3.63) is 46.8 Å². The third-order valence-electron chi connectivity index (χ3n) is 5.41. The van der Waals surface area contributed by atoms with E-state index in [-0.39, 0.29) is 17.9 Å². The second-order valence-corrected chi connectivity index (χ2v) is 8.49. The molecule has 2 amide bonds. The molecule has 1 N–H and O–H groups in total. The molecule has 1 fully saturated rings.